The Kier molecular flexibility index (Phi) is 8.78. The van der Waals surface area contributed by atoms with Gasteiger partial charge in [0.1, 0.15) is 10.8 Å². The molecule has 2 aromatic carbocycles. The number of carbonyl (C=O) groups excluding carboxylic acids is 1. The Labute approximate surface area is 235 Å². The number of amides is 1. The molecule has 200 valence electrons. The van der Waals surface area contributed by atoms with Crippen molar-refractivity contribution >= 4 is 46.4 Å². The summed E-state index contributed by atoms with van der Waals surface area (Å²) in [7, 11) is 0. The van der Waals surface area contributed by atoms with Gasteiger partial charge in [0, 0.05) is 6.54 Å². The third-order valence-electron chi connectivity index (χ3n) is 6.34. The van der Waals surface area contributed by atoms with Crippen LogP contribution in [0.25, 0.3) is 5.65 Å². The number of benzene rings is 2. The molecule has 8 nitrogen and oxygen atoms in total. The van der Waals surface area contributed by atoms with Gasteiger partial charge in [0.15, 0.2) is 5.65 Å². The van der Waals surface area contributed by atoms with Gasteiger partial charge in [-0.1, -0.05) is 85.0 Å². The van der Waals surface area contributed by atoms with Crippen LogP contribution < -0.4 is 11.4 Å². The molecule has 0 fully saturated rings. The Hall–Kier alpha value is -2.91. The molecule has 0 saturated carbocycles. The first-order chi connectivity index (χ1) is 18.1. The number of hydrogen-bond acceptors (Lipinski definition) is 5. The van der Waals surface area contributed by atoms with E-state index in [0.717, 1.165) is 5.56 Å². The molecular formula is C27H29Cl3N6O2. The van der Waals surface area contributed by atoms with Crippen molar-refractivity contribution in [2.75, 3.05) is 13.1 Å². The minimum Gasteiger partial charge on any atom is -0.330 e. The van der Waals surface area contributed by atoms with Gasteiger partial charge in [-0.25, -0.2) is 9.78 Å². The maximum Gasteiger partial charge on any atom is 0.352 e. The van der Waals surface area contributed by atoms with Gasteiger partial charge in [0.25, 0.3) is 5.91 Å². The highest BCUT2D eigenvalue weighted by atomic mass is 35.5. The van der Waals surface area contributed by atoms with E-state index < -0.39 is 11.7 Å². The van der Waals surface area contributed by atoms with E-state index in [4.69, 9.17) is 45.5 Å². The Morgan fingerprint density at radius 1 is 1.05 bits per heavy atom. The fraction of sp³-hybridized carbons (Fsp3) is 0.333. The summed E-state index contributed by atoms with van der Waals surface area (Å²) in [6.45, 7) is 6.58. The normalized spacial score (nSPS) is 12.3. The van der Waals surface area contributed by atoms with E-state index in [9.17, 15) is 9.59 Å². The zero-order valence-corrected chi connectivity index (χ0v) is 23.6. The molecule has 2 aromatic heterocycles. The molecule has 0 radical (unpaired) electrons. The predicted octanol–water partition coefficient (Wildman–Crippen LogP) is 5.40. The van der Waals surface area contributed by atoms with Crippen LogP contribution in [0.3, 0.4) is 0 Å². The molecule has 1 unspecified atom stereocenters. The number of nitrogens with zero attached hydrogens (tertiary/aromatic N) is 5. The lowest BCUT2D eigenvalue weighted by Gasteiger charge is -2.35. The van der Waals surface area contributed by atoms with Crippen LogP contribution in [-0.4, -0.2) is 43.1 Å². The molecule has 4 aromatic rings. The number of carbonyl (C=O) groups is 1. The fourth-order valence-electron chi connectivity index (χ4n) is 4.50. The summed E-state index contributed by atoms with van der Waals surface area (Å²) < 4.78 is 2.76. The number of halogens is 3. The topological polar surface area (TPSA) is 98.5 Å². The highest BCUT2D eigenvalue weighted by molar-refractivity contribution is 6.43. The molecule has 0 aliphatic carbocycles. The Balaban J connectivity index is 1.97. The number of aromatic nitrogens is 4. The van der Waals surface area contributed by atoms with Crippen LogP contribution in [0.5, 0.6) is 0 Å². The van der Waals surface area contributed by atoms with Crippen molar-refractivity contribution in [1.29, 1.82) is 0 Å². The molecule has 2 N–H and O–H groups in total. The quantitative estimate of drug-likeness (QED) is 0.288. The van der Waals surface area contributed by atoms with E-state index in [1.54, 1.807) is 34.6 Å². The minimum absolute atomic E-state index is 0.145. The van der Waals surface area contributed by atoms with Gasteiger partial charge in [0.05, 0.1) is 33.9 Å². The van der Waals surface area contributed by atoms with E-state index in [1.807, 2.05) is 44.2 Å². The van der Waals surface area contributed by atoms with Crippen molar-refractivity contribution < 1.29 is 4.79 Å². The van der Waals surface area contributed by atoms with Gasteiger partial charge in [-0.15, -0.1) is 0 Å². The molecule has 0 aliphatic rings. The van der Waals surface area contributed by atoms with Gasteiger partial charge in [-0.3, -0.25) is 9.36 Å². The average Bonchev–Trinajstić information content (AvgIpc) is 3.18. The maximum absolute atomic E-state index is 14.0. The first-order valence-corrected chi connectivity index (χ1v) is 13.4. The van der Waals surface area contributed by atoms with Crippen LogP contribution in [-0.2, 0) is 6.54 Å². The van der Waals surface area contributed by atoms with Crippen molar-refractivity contribution in [2.24, 2.45) is 11.7 Å². The van der Waals surface area contributed by atoms with Crippen molar-refractivity contribution in [3.8, 4) is 0 Å². The van der Waals surface area contributed by atoms with Gasteiger partial charge in [0.2, 0.25) is 0 Å². The van der Waals surface area contributed by atoms with E-state index in [-0.39, 0.29) is 44.6 Å². The zero-order valence-electron chi connectivity index (χ0n) is 21.4. The molecule has 38 heavy (non-hydrogen) atoms. The van der Waals surface area contributed by atoms with Crippen LogP contribution in [0.4, 0.5) is 0 Å². The molecule has 4 rings (SSSR count). The lowest BCUT2D eigenvalue weighted by molar-refractivity contribution is 0.0602. The SMILES string of the molecule is Cc1nn2c(=O)n(Cc3ccccc3)c(C(C(C)C)N(CCCN)C(=O)c3cccc(Cl)c3Cl)nc2c1Cl. The smallest absolute Gasteiger partial charge is 0.330 e. The first-order valence-electron chi connectivity index (χ1n) is 12.3. The van der Waals surface area contributed by atoms with Crippen molar-refractivity contribution in [1.82, 2.24) is 24.1 Å². The lowest BCUT2D eigenvalue weighted by atomic mass is 9.99. The van der Waals surface area contributed by atoms with Crippen LogP contribution in [0.1, 0.15) is 53.7 Å². The molecule has 1 amide bonds. The summed E-state index contributed by atoms with van der Waals surface area (Å²) in [6, 6.07) is 13.9. The van der Waals surface area contributed by atoms with Gasteiger partial charge in [-0.2, -0.15) is 9.61 Å². The summed E-state index contributed by atoms with van der Waals surface area (Å²) in [5.41, 5.74) is 7.34. The van der Waals surface area contributed by atoms with Crippen LogP contribution in [0, 0.1) is 12.8 Å². The lowest BCUT2D eigenvalue weighted by Crippen LogP contribution is -2.43. The summed E-state index contributed by atoms with van der Waals surface area (Å²) >= 11 is 19.2. The molecular weight excluding hydrogens is 547 g/mol. The Bertz CT molecular complexity index is 1520. The van der Waals surface area contributed by atoms with Crippen molar-refractivity contribution in [3.63, 3.8) is 0 Å². The number of fused-ring (bicyclic) bond motifs is 1. The van der Waals surface area contributed by atoms with Crippen LogP contribution in [0.15, 0.2) is 53.3 Å². The fourth-order valence-corrected chi connectivity index (χ4v) is 5.04. The molecule has 0 bridgehead atoms. The summed E-state index contributed by atoms with van der Waals surface area (Å²) in [5.74, 6) is -0.0821. The van der Waals surface area contributed by atoms with E-state index in [0.29, 0.717) is 31.0 Å². The van der Waals surface area contributed by atoms with Crippen molar-refractivity contribution in [3.05, 3.63) is 96.7 Å². The van der Waals surface area contributed by atoms with E-state index in [2.05, 4.69) is 5.10 Å². The van der Waals surface area contributed by atoms with Gasteiger partial charge >= 0.3 is 5.69 Å². The average molecular weight is 576 g/mol. The van der Waals surface area contributed by atoms with Crippen LogP contribution >= 0.6 is 34.8 Å². The standard InChI is InChI=1S/C27H29Cl3N6O2/c1-16(2)23(34(14-8-13-31)26(37)19-11-7-12-20(28)22(19)30)25-32-24-21(29)17(3)33-36(24)27(38)35(25)15-18-9-5-4-6-10-18/h4-7,9-12,16,23H,8,13-15,31H2,1-3H3. The monoisotopic (exact) mass is 574 g/mol. The second-order valence-corrected chi connectivity index (χ2v) is 10.6. The van der Waals surface area contributed by atoms with E-state index >= 15 is 0 Å². The summed E-state index contributed by atoms with van der Waals surface area (Å²) in [4.78, 5) is 34.4. The first kappa shape index (κ1) is 28.1. The maximum atomic E-state index is 14.0. The molecule has 1 atom stereocenters. The number of hydrogen-bond donors (Lipinski definition) is 1. The molecule has 0 spiro atoms. The van der Waals surface area contributed by atoms with Gasteiger partial charge in [-0.05, 0) is 43.5 Å². The highest BCUT2D eigenvalue weighted by Crippen LogP contribution is 2.33. The largest absolute Gasteiger partial charge is 0.352 e. The Morgan fingerprint density at radius 3 is 2.42 bits per heavy atom. The third-order valence-corrected chi connectivity index (χ3v) is 7.60. The number of nitrogens with two attached hydrogens (primary N) is 1. The minimum atomic E-state index is -0.614. The second kappa shape index (κ2) is 11.9. The van der Waals surface area contributed by atoms with Crippen molar-refractivity contribution in [2.45, 2.75) is 39.8 Å². The molecule has 2 heterocycles. The molecule has 11 heteroatoms. The highest BCUT2D eigenvalue weighted by Gasteiger charge is 2.34. The summed E-state index contributed by atoms with van der Waals surface area (Å²) in [6.07, 6.45) is 0.533. The Morgan fingerprint density at radius 2 is 1.76 bits per heavy atom. The molecule has 0 saturated heterocycles. The number of aryl methyl sites for hydroxylation is 1. The summed E-state index contributed by atoms with van der Waals surface area (Å²) in [5, 5.41) is 5.05. The third kappa shape index (κ3) is 5.45. The number of rotatable bonds is 9. The predicted molar refractivity (Wildman–Crippen MR) is 151 cm³/mol. The zero-order chi connectivity index (χ0) is 27.6. The molecule has 0 aliphatic heterocycles. The van der Waals surface area contributed by atoms with E-state index in [1.165, 1.54) is 4.52 Å². The second-order valence-electron chi connectivity index (χ2n) is 9.39. The van der Waals surface area contributed by atoms with Crippen LogP contribution in [0.2, 0.25) is 15.1 Å². The van der Waals surface area contributed by atoms with Gasteiger partial charge < -0.3 is 10.6 Å².